The molecule has 1 saturated heterocycles. The van der Waals surface area contributed by atoms with Gasteiger partial charge in [-0.3, -0.25) is 9.59 Å². The Bertz CT molecular complexity index is 1160. The molecule has 8 heteroatoms. The van der Waals surface area contributed by atoms with Crippen molar-refractivity contribution in [2.24, 2.45) is 0 Å². The van der Waals surface area contributed by atoms with Crippen LogP contribution in [0.25, 0.3) is 21.9 Å². The summed E-state index contributed by atoms with van der Waals surface area (Å²) in [5, 5.41) is 4.06. The summed E-state index contributed by atoms with van der Waals surface area (Å²) >= 11 is 0. The number of nitrogens with one attached hydrogen (secondary N) is 1. The summed E-state index contributed by atoms with van der Waals surface area (Å²) < 4.78 is 52.7. The Balaban J connectivity index is 1.66. The topological polar surface area (TPSA) is 49.4 Å². The monoisotopic (exact) mass is 416 g/mol. The predicted octanol–water partition coefficient (Wildman–Crippen LogP) is 4.24. The van der Waals surface area contributed by atoms with E-state index in [1.165, 1.54) is 4.90 Å². The number of benzene rings is 3. The van der Waals surface area contributed by atoms with E-state index in [0.29, 0.717) is 41.1 Å². The summed E-state index contributed by atoms with van der Waals surface area (Å²) in [6, 6.07) is 12.3. The molecule has 1 N–H and O–H groups in total. The van der Waals surface area contributed by atoms with Gasteiger partial charge in [0.05, 0.1) is 12.1 Å². The predicted molar refractivity (Wildman–Crippen MR) is 103 cm³/mol. The minimum atomic E-state index is -4.64. The maximum atomic E-state index is 13.7. The van der Waals surface area contributed by atoms with Crippen molar-refractivity contribution in [3.05, 3.63) is 71.5 Å². The van der Waals surface area contributed by atoms with Crippen LogP contribution in [0.4, 0.5) is 17.6 Å². The molecule has 1 aliphatic heterocycles. The molecule has 0 saturated carbocycles. The first-order valence-electron chi connectivity index (χ1n) is 9.19. The van der Waals surface area contributed by atoms with E-state index in [0.717, 1.165) is 12.1 Å². The first-order valence-corrected chi connectivity index (χ1v) is 9.19. The zero-order valence-corrected chi connectivity index (χ0v) is 15.6. The van der Waals surface area contributed by atoms with E-state index in [9.17, 15) is 27.2 Å². The van der Waals surface area contributed by atoms with Crippen molar-refractivity contribution in [1.29, 1.82) is 0 Å². The number of rotatable bonds is 2. The van der Waals surface area contributed by atoms with E-state index in [1.807, 2.05) is 0 Å². The van der Waals surface area contributed by atoms with Crippen LogP contribution in [0.1, 0.15) is 15.9 Å². The third kappa shape index (κ3) is 3.98. The lowest BCUT2D eigenvalue weighted by molar-refractivity contribution is -0.137. The molecule has 0 spiro atoms. The summed E-state index contributed by atoms with van der Waals surface area (Å²) in [6.45, 7) is 0.814. The number of amides is 2. The third-order valence-electron chi connectivity index (χ3n) is 4.97. The second-order valence-corrected chi connectivity index (χ2v) is 7.08. The molecule has 0 aliphatic carbocycles. The highest BCUT2D eigenvalue weighted by Crippen LogP contribution is 2.34. The highest BCUT2D eigenvalue weighted by atomic mass is 19.4. The fourth-order valence-electron chi connectivity index (χ4n) is 3.47. The maximum absolute atomic E-state index is 13.7. The zero-order valence-electron chi connectivity index (χ0n) is 15.6. The normalized spacial score (nSPS) is 14.7. The molecule has 3 aromatic rings. The van der Waals surface area contributed by atoms with Crippen LogP contribution < -0.4 is 5.32 Å². The molecule has 2 amide bonds. The van der Waals surface area contributed by atoms with E-state index in [1.54, 1.807) is 36.4 Å². The van der Waals surface area contributed by atoms with Gasteiger partial charge in [0.2, 0.25) is 5.91 Å². The number of piperazine rings is 1. The van der Waals surface area contributed by atoms with Crippen molar-refractivity contribution in [2.75, 3.05) is 19.6 Å². The van der Waals surface area contributed by atoms with Crippen LogP contribution in [0, 0.1) is 5.82 Å². The summed E-state index contributed by atoms with van der Waals surface area (Å²) in [7, 11) is 0. The molecule has 0 radical (unpaired) electrons. The minimum absolute atomic E-state index is 0.00306. The lowest BCUT2D eigenvalue weighted by Gasteiger charge is -2.26. The number of hydrogen-bond acceptors (Lipinski definition) is 2. The Morgan fingerprint density at radius 3 is 2.40 bits per heavy atom. The van der Waals surface area contributed by atoms with Gasteiger partial charge in [0.1, 0.15) is 5.82 Å². The molecule has 4 nitrogen and oxygen atoms in total. The average Bonchev–Trinajstić information content (AvgIpc) is 2.71. The van der Waals surface area contributed by atoms with Gasteiger partial charge in [-0.25, -0.2) is 4.39 Å². The SMILES string of the molecule is O=C1CN(C(=O)c2ccc3cc(-c4cc(F)cc(C(F)(F)F)c4)ccc3c2)CCN1. The lowest BCUT2D eigenvalue weighted by Crippen LogP contribution is -2.49. The molecule has 4 rings (SSSR count). The van der Waals surface area contributed by atoms with E-state index < -0.39 is 17.6 Å². The van der Waals surface area contributed by atoms with Crippen molar-refractivity contribution < 1.29 is 27.2 Å². The number of hydrogen-bond donors (Lipinski definition) is 1. The highest BCUT2D eigenvalue weighted by molar-refractivity contribution is 6.01. The zero-order chi connectivity index (χ0) is 21.5. The fraction of sp³-hybridized carbons (Fsp3) is 0.182. The first-order chi connectivity index (χ1) is 14.2. The van der Waals surface area contributed by atoms with Gasteiger partial charge in [-0.2, -0.15) is 13.2 Å². The Labute approximate surface area is 169 Å². The Kier molecular flexibility index (Phi) is 4.93. The van der Waals surface area contributed by atoms with Gasteiger partial charge in [-0.05, 0) is 58.3 Å². The molecule has 0 aromatic heterocycles. The fourth-order valence-corrected chi connectivity index (χ4v) is 3.47. The second-order valence-electron chi connectivity index (χ2n) is 7.08. The van der Waals surface area contributed by atoms with Gasteiger partial charge in [0, 0.05) is 18.7 Å². The summed E-state index contributed by atoms with van der Waals surface area (Å²) in [5.74, 6) is -1.45. The molecule has 0 unspecified atom stereocenters. The number of alkyl halides is 3. The van der Waals surface area contributed by atoms with Crippen molar-refractivity contribution in [3.8, 4) is 11.1 Å². The number of fused-ring (bicyclic) bond motifs is 1. The van der Waals surface area contributed by atoms with Gasteiger partial charge in [0.25, 0.3) is 5.91 Å². The van der Waals surface area contributed by atoms with Gasteiger partial charge in [-0.1, -0.05) is 18.2 Å². The van der Waals surface area contributed by atoms with Crippen LogP contribution >= 0.6 is 0 Å². The molecule has 30 heavy (non-hydrogen) atoms. The van der Waals surface area contributed by atoms with Crippen LogP contribution in [0.15, 0.2) is 54.6 Å². The van der Waals surface area contributed by atoms with Crippen LogP contribution in [-0.4, -0.2) is 36.3 Å². The molecule has 1 fully saturated rings. The van der Waals surface area contributed by atoms with Crippen LogP contribution in [0.3, 0.4) is 0 Å². The second kappa shape index (κ2) is 7.44. The lowest BCUT2D eigenvalue weighted by atomic mass is 9.98. The van der Waals surface area contributed by atoms with E-state index in [4.69, 9.17) is 0 Å². The number of halogens is 4. The van der Waals surface area contributed by atoms with Crippen LogP contribution in [0.2, 0.25) is 0 Å². The largest absolute Gasteiger partial charge is 0.416 e. The van der Waals surface area contributed by atoms with E-state index in [2.05, 4.69) is 5.32 Å². The molecule has 0 atom stereocenters. The molecular weight excluding hydrogens is 400 g/mol. The summed E-state index contributed by atoms with van der Waals surface area (Å²) in [6.07, 6.45) is -4.64. The standard InChI is InChI=1S/C22H16F4N2O2/c23-19-10-17(9-18(11-19)22(24,25)26)15-2-1-14-8-16(4-3-13(14)7-15)21(30)28-6-5-27-20(29)12-28/h1-4,7-11H,5-6,12H2,(H,27,29). The maximum Gasteiger partial charge on any atom is 0.416 e. The quantitative estimate of drug-likeness (QED) is 0.636. The average molecular weight is 416 g/mol. The van der Waals surface area contributed by atoms with Crippen molar-refractivity contribution in [3.63, 3.8) is 0 Å². The number of nitrogens with zero attached hydrogens (tertiary/aromatic N) is 1. The molecule has 1 heterocycles. The summed E-state index contributed by atoms with van der Waals surface area (Å²) in [5.41, 5.74) is -0.0952. The van der Waals surface area contributed by atoms with E-state index >= 15 is 0 Å². The van der Waals surface area contributed by atoms with Gasteiger partial charge in [0.15, 0.2) is 0 Å². The number of carbonyl (C=O) groups is 2. The van der Waals surface area contributed by atoms with Gasteiger partial charge < -0.3 is 10.2 Å². The molecular formula is C22H16F4N2O2. The van der Waals surface area contributed by atoms with Crippen LogP contribution in [0.5, 0.6) is 0 Å². The Hall–Kier alpha value is -3.42. The van der Waals surface area contributed by atoms with Crippen molar-refractivity contribution >= 4 is 22.6 Å². The molecule has 1 aliphatic rings. The number of carbonyl (C=O) groups excluding carboxylic acids is 2. The molecule has 3 aromatic carbocycles. The summed E-state index contributed by atoms with van der Waals surface area (Å²) in [4.78, 5) is 25.6. The molecule has 154 valence electrons. The first kappa shape index (κ1) is 19.9. The third-order valence-corrected chi connectivity index (χ3v) is 4.97. The van der Waals surface area contributed by atoms with E-state index in [-0.39, 0.29) is 23.9 Å². The van der Waals surface area contributed by atoms with Gasteiger partial charge >= 0.3 is 6.18 Å². The van der Waals surface area contributed by atoms with Gasteiger partial charge in [-0.15, -0.1) is 0 Å². The minimum Gasteiger partial charge on any atom is -0.353 e. The smallest absolute Gasteiger partial charge is 0.353 e. The Morgan fingerprint density at radius 1 is 0.933 bits per heavy atom. The molecule has 0 bridgehead atoms. The Morgan fingerprint density at radius 2 is 1.67 bits per heavy atom. The van der Waals surface area contributed by atoms with Crippen molar-refractivity contribution in [2.45, 2.75) is 6.18 Å². The highest BCUT2D eigenvalue weighted by Gasteiger charge is 2.31. The van der Waals surface area contributed by atoms with Crippen molar-refractivity contribution in [1.82, 2.24) is 10.2 Å². The van der Waals surface area contributed by atoms with Crippen LogP contribution in [-0.2, 0) is 11.0 Å².